The van der Waals surface area contributed by atoms with Gasteiger partial charge in [-0.15, -0.1) is 12.4 Å². The first-order chi connectivity index (χ1) is 11.3. The molecule has 1 aromatic rings. The van der Waals surface area contributed by atoms with Gasteiger partial charge in [0.05, 0.1) is 12.1 Å². The van der Waals surface area contributed by atoms with Crippen LogP contribution in [0.2, 0.25) is 0 Å². The molecule has 0 aromatic heterocycles. The Morgan fingerprint density at radius 1 is 1.20 bits per heavy atom. The SMILES string of the molecule is CNCC(=O)NCc1cc(C(F)(F)F)ccc1N1CCN(C)CC1.Cl. The highest BCUT2D eigenvalue weighted by Crippen LogP contribution is 2.33. The van der Waals surface area contributed by atoms with Gasteiger partial charge < -0.3 is 20.4 Å². The van der Waals surface area contributed by atoms with Crippen LogP contribution in [-0.4, -0.2) is 57.6 Å². The highest BCUT2D eigenvalue weighted by molar-refractivity contribution is 5.85. The number of nitrogens with zero attached hydrogens (tertiary/aromatic N) is 2. The molecule has 1 heterocycles. The van der Waals surface area contributed by atoms with Gasteiger partial charge in [-0.3, -0.25) is 4.79 Å². The van der Waals surface area contributed by atoms with Crippen LogP contribution in [0.4, 0.5) is 18.9 Å². The van der Waals surface area contributed by atoms with Gasteiger partial charge in [0.2, 0.25) is 5.91 Å². The second kappa shape index (κ2) is 9.26. The van der Waals surface area contributed by atoms with Crippen molar-refractivity contribution >= 4 is 24.0 Å². The maximum Gasteiger partial charge on any atom is 0.416 e. The summed E-state index contributed by atoms with van der Waals surface area (Å²) in [4.78, 5) is 15.9. The molecule has 1 aromatic carbocycles. The number of piperazine rings is 1. The Balaban J connectivity index is 0.00000312. The zero-order valence-electron chi connectivity index (χ0n) is 14.3. The highest BCUT2D eigenvalue weighted by atomic mass is 35.5. The van der Waals surface area contributed by atoms with E-state index in [1.54, 1.807) is 7.05 Å². The van der Waals surface area contributed by atoms with E-state index < -0.39 is 11.7 Å². The Bertz CT molecular complexity index is 575. The van der Waals surface area contributed by atoms with E-state index in [0.29, 0.717) is 5.56 Å². The van der Waals surface area contributed by atoms with Gasteiger partial charge in [0.1, 0.15) is 0 Å². The van der Waals surface area contributed by atoms with Crippen LogP contribution in [0.3, 0.4) is 0 Å². The minimum absolute atomic E-state index is 0. The van der Waals surface area contributed by atoms with Crippen LogP contribution < -0.4 is 15.5 Å². The third-order valence-corrected chi connectivity index (χ3v) is 4.06. The topological polar surface area (TPSA) is 47.6 Å². The molecule has 1 amide bonds. The summed E-state index contributed by atoms with van der Waals surface area (Å²) in [5.74, 6) is -0.251. The first-order valence-electron chi connectivity index (χ1n) is 7.86. The molecule has 1 aliphatic heterocycles. The Labute approximate surface area is 152 Å². The molecule has 0 radical (unpaired) electrons. The van der Waals surface area contributed by atoms with Crippen molar-refractivity contribution in [1.29, 1.82) is 0 Å². The van der Waals surface area contributed by atoms with Gasteiger partial charge in [0.15, 0.2) is 0 Å². The Morgan fingerprint density at radius 3 is 2.40 bits per heavy atom. The summed E-state index contributed by atoms with van der Waals surface area (Å²) >= 11 is 0. The van der Waals surface area contributed by atoms with Crippen molar-refractivity contribution in [3.05, 3.63) is 29.3 Å². The number of anilines is 1. The maximum absolute atomic E-state index is 13.0. The number of hydrogen-bond donors (Lipinski definition) is 2. The van der Waals surface area contributed by atoms with Gasteiger partial charge in [-0.25, -0.2) is 0 Å². The maximum atomic E-state index is 13.0. The minimum Gasteiger partial charge on any atom is -0.369 e. The summed E-state index contributed by atoms with van der Waals surface area (Å²) in [6.07, 6.45) is -4.40. The lowest BCUT2D eigenvalue weighted by atomic mass is 10.1. The van der Waals surface area contributed by atoms with E-state index in [-0.39, 0.29) is 31.4 Å². The van der Waals surface area contributed by atoms with E-state index in [0.717, 1.165) is 44.0 Å². The molecule has 25 heavy (non-hydrogen) atoms. The van der Waals surface area contributed by atoms with Gasteiger partial charge in [-0.2, -0.15) is 13.2 Å². The molecule has 1 aliphatic rings. The fraction of sp³-hybridized carbons (Fsp3) is 0.562. The monoisotopic (exact) mass is 380 g/mol. The zero-order chi connectivity index (χ0) is 17.7. The number of halogens is 4. The molecule has 2 rings (SSSR count). The summed E-state index contributed by atoms with van der Waals surface area (Å²) in [7, 11) is 3.66. The predicted octanol–water partition coefficient (Wildman–Crippen LogP) is 1.71. The molecule has 5 nitrogen and oxygen atoms in total. The van der Waals surface area contributed by atoms with Crippen LogP contribution in [0.1, 0.15) is 11.1 Å². The summed E-state index contributed by atoms with van der Waals surface area (Å²) in [6.45, 7) is 3.41. The van der Waals surface area contributed by atoms with Gasteiger partial charge in [-0.1, -0.05) is 0 Å². The number of alkyl halides is 3. The average molecular weight is 381 g/mol. The molecular formula is C16H24ClF3N4O. The molecule has 1 saturated heterocycles. The highest BCUT2D eigenvalue weighted by Gasteiger charge is 2.31. The second-order valence-corrected chi connectivity index (χ2v) is 5.94. The lowest BCUT2D eigenvalue weighted by Gasteiger charge is -2.35. The molecule has 0 saturated carbocycles. The first-order valence-corrected chi connectivity index (χ1v) is 7.86. The smallest absolute Gasteiger partial charge is 0.369 e. The van der Waals surface area contributed by atoms with Crippen LogP contribution in [0.25, 0.3) is 0 Å². The molecular weight excluding hydrogens is 357 g/mol. The van der Waals surface area contributed by atoms with Crippen molar-refractivity contribution in [2.75, 3.05) is 51.7 Å². The summed E-state index contributed by atoms with van der Waals surface area (Å²) in [5.41, 5.74) is 0.540. The Kier molecular flexibility index (Phi) is 7.98. The first kappa shape index (κ1) is 21.5. The van der Waals surface area contributed by atoms with E-state index in [1.807, 2.05) is 7.05 Å². The van der Waals surface area contributed by atoms with Crippen molar-refractivity contribution in [3.63, 3.8) is 0 Å². The van der Waals surface area contributed by atoms with Gasteiger partial charge >= 0.3 is 6.18 Å². The number of carbonyl (C=O) groups excluding carboxylic acids is 1. The second-order valence-electron chi connectivity index (χ2n) is 5.94. The summed E-state index contributed by atoms with van der Waals surface area (Å²) in [5, 5.41) is 5.38. The molecule has 142 valence electrons. The molecule has 0 unspecified atom stereocenters. The van der Waals surface area contributed by atoms with Crippen molar-refractivity contribution in [2.45, 2.75) is 12.7 Å². The van der Waals surface area contributed by atoms with E-state index in [2.05, 4.69) is 20.4 Å². The third kappa shape index (κ3) is 6.05. The number of amides is 1. The zero-order valence-corrected chi connectivity index (χ0v) is 15.1. The third-order valence-electron chi connectivity index (χ3n) is 4.06. The van der Waals surface area contributed by atoms with Crippen LogP contribution in [0.5, 0.6) is 0 Å². The number of hydrogen-bond acceptors (Lipinski definition) is 4. The van der Waals surface area contributed by atoms with Gasteiger partial charge in [0, 0.05) is 38.4 Å². The summed E-state index contributed by atoms with van der Waals surface area (Å²) in [6, 6.07) is 3.74. The molecule has 0 bridgehead atoms. The summed E-state index contributed by atoms with van der Waals surface area (Å²) < 4.78 is 39.0. The fourth-order valence-electron chi connectivity index (χ4n) is 2.68. The number of rotatable bonds is 5. The standard InChI is InChI=1S/C16H23F3N4O.ClH/c1-20-11-15(24)21-10-12-9-13(16(17,18)19)3-4-14(12)23-7-5-22(2)6-8-23;/h3-4,9,20H,5-8,10-11H2,1-2H3,(H,21,24);1H. The van der Waals surface area contributed by atoms with Crippen molar-refractivity contribution in [3.8, 4) is 0 Å². The van der Waals surface area contributed by atoms with Crippen molar-refractivity contribution in [1.82, 2.24) is 15.5 Å². The number of nitrogens with one attached hydrogen (secondary N) is 2. The van der Waals surface area contributed by atoms with Gasteiger partial charge in [0.25, 0.3) is 0 Å². The van der Waals surface area contributed by atoms with E-state index in [9.17, 15) is 18.0 Å². The largest absolute Gasteiger partial charge is 0.416 e. The quantitative estimate of drug-likeness (QED) is 0.816. The molecule has 0 atom stereocenters. The Morgan fingerprint density at radius 2 is 1.84 bits per heavy atom. The van der Waals surface area contributed by atoms with E-state index in [4.69, 9.17) is 0 Å². The number of likely N-dealkylation sites (N-methyl/N-ethyl adjacent to an activating group) is 2. The van der Waals surface area contributed by atoms with Crippen LogP contribution in [0.15, 0.2) is 18.2 Å². The van der Waals surface area contributed by atoms with Gasteiger partial charge in [-0.05, 0) is 37.9 Å². The molecule has 2 N–H and O–H groups in total. The number of carbonyl (C=O) groups is 1. The molecule has 0 aliphatic carbocycles. The normalized spacial score (nSPS) is 15.6. The number of benzene rings is 1. The van der Waals surface area contributed by atoms with E-state index in [1.165, 1.54) is 6.07 Å². The van der Waals surface area contributed by atoms with E-state index >= 15 is 0 Å². The minimum atomic E-state index is -4.40. The predicted molar refractivity (Wildman–Crippen MR) is 94.2 cm³/mol. The molecule has 9 heteroatoms. The van der Waals surface area contributed by atoms with Crippen molar-refractivity contribution in [2.24, 2.45) is 0 Å². The fourth-order valence-corrected chi connectivity index (χ4v) is 2.68. The lowest BCUT2D eigenvalue weighted by Crippen LogP contribution is -2.45. The molecule has 1 fully saturated rings. The Hall–Kier alpha value is -1.51. The average Bonchev–Trinajstić information content (AvgIpc) is 2.53. The lowest BCUT2D eigenvalue weighted by molar-refractivity contribution is -0.137. The molecule has 0 spiro atoms. The van der Waals surface area contributed by atoms with Crippen molar-refractivity contribution < 1.29 is 18.0 Å². The van der Waals surface area contributed by atoms with Crippen LogP contribution in [0, 0.1) is 0 Å². The van der Waals surface area contributed by atoms with Crippen LogP contribution in [-0.2, 0) is 17.5 Å². The van der Waals surface area contributed by atoms with Crippen LogP contribution >= 0.6 is 12.4 Å².